The number of rotatable bonds is 10. The topological polar surface area (TPSA) is 51.2 Å². The Morgan fingerprint density at radius 2 is 1.75 bits per heavy atom. The smallest absolute Gasteiger partial charge is 0.125 e. The molecular formula is C23H31NO4. The first kappa shape index (κ1) is 20.8. The zero-order valence-corrected chi connectivity index (χ0v) is 16.6. The van der Waals surface area contributed by atoms with Crippen LogP contribution in [-0.2, 0) is 15.9 Å². The first-order valence-corrected chi connectivity index (χ1v) is 10.0. The van der Waals surface area contributed by atoms with Crippen molar-refractivity contribution in [2.75, 3.05) is 46.6 Å². The first-order chi connectivity index (χ1) is 13.8. The molecule has 152 valence electrons. The second kappa shape index (κ2) is 11.2. The average molecular weight is 386 g/mol. The lowest BCUT2D eigenvalue weighted by Crippen LogP contribution is -2.42. The minimum absolute atomic E-state index is 0.0483. The summed E-state index contributed by atoms with van der Waals surface area (Å²) in [7, 11) is 1.74. The molecule has 0 amide bonds. The molecule has 0 saturated carbocycles. The quantitative estimate of drug-likeness (QED) is 0.681. The van der Waals surface area contributed by atoms with E-state index in [4.69, 9.17) is 14.2 Å². The van der Waals surface area contributed by atoms with Crippen molar-refractivity contribution in [3.63, 3.8) is 0 Å². The van der Waals surface area contributed by atoms with Crippen LogP contribution in [-0.4, -0.2) is 62.7 Å². The highest BCUT2D eigenvalue weighted by molar-refractivity contribution is 5.35. The lowest BCUT2D eigenvalue weighted by atomic mass is 10.0. The number of ether oxygens (including phenoxy) is 3. The number of nitrogens with zero attached hydrogens (tertiary/aromatic N) is 1. The second-order valence-electron chi connectivity index (χ2n) is 7.16. The zero-order chi connectivity index (χ0) is 19.6. The lowest BCUT2D eigenvalue weighted by molar-refractivity contribution is 0.00414. The van der Waals surface area contributed by atoms with E-state index in [-0.39, 0.29) is 12.7 Å². The highest BCUT2D eigenvalue weighted by atomic mass is 16.5. The van der Waals surface area contributed by atoms with Gasteiger partial charge in [0.15, 0.2) is 0 Å². The molecule has 1 aliphatic rings. The minimum atomic E-state index is -0.531. The van der Waals surface area contributed by atoms with E-state index in [0.717, 1.165) is 50.5 Å². The first-order valence-electron chi connectivity index (χ1n) is 10.0. The van der Waals surface area contributed by atoms with Crippen molar-refractivity contribution < 1.29 is 19.3 Å². The molecule has 2 aromatic carbocycles. The number of methoxy groups -OCH3 is 1. The van der Waals surface area contributed by atoms with E-state index < -0.39 is 6.10 Å². The molecule has 0 spiro atoms. The van der Waals surface area contributed by atoms with Gasteiger partial charge in [-0.1, -0.05) is 48.5 Å². The molecule has 1 saturated heterocycles. The molecule has 0 aromatic heterocycles. The summed E-state index contributed by atoms with van der Waals surface area (Å²) in [4.78, 5) is 2.21. The van der Waals surface area contributed by atoms with Crippen LogP contribution < -0.4 is 4.74 Å². The van der Waals surface area contributed by atoms with Gasteiger partial charge in [-0.3, -0.25) is 4.90 Å². The maximum atomic E-state index is 10.4. The van der Waals surface area contributed by atoms with Crippen LogP contribution in [0.15, 0.2) is 54.6 Å². The fourth-order valence-corrected chi connectivity index (χ4v) is 3.54. The third-order valence-electron chi connectivity index (χ3n) is 5.09. The van der Waals surface area contributed by atoms with Gasteiger partial charge in [0.1, 0.15) is 18.5 Å². The number of aliphatic hydroxyl groups is 1. The van der Waals surface area contributed by atoms with Crippen molar-refractivity contribution in [3.8, 4) is 5.75 Å². The van der Waals surface area contributed by atoms with E-state index in [1.54, 1.807) is 7.11 Å². The lowest BCUT2D eigenvalue weighted by Gasteiger charge is -2.28. The summed E-state index contributed by atoms with van der Waals surface area (Å²) in [5, 5.41) is 10.4. The van der Waals surface area contributed by atoms with Crippen LogP contribution in [0, 0.1) is 0 Å². The molecule has 1 heterocycles. The Balaban J connectivity index is 1.56. The summed E-state index contributed by atoms with van der Waals surface area (Å²) in [5.41, 5.74) is 2.32. The van der Waals surface area contributed by atoms with E-state index in [2.05, 4.69) is 29.2 Å². The molecule has 0 unspecified atom stereocenters. The number of β-amino-alcohol motifs (C(OH)–C–C–N with tert-alkyl or cyclic N) is 1. The number of hydrogen-bond donors (Lipinski definition) is 1. The third kappa shape index (κ3) is 6.31. The predicted molar refractivity (Wildman–Crippen MR) is 110 cm³/mol. The Morgan fingerprint density at radius 1 is 1.04 bits per heavy atom. The van der Waals surface area contributed by atoms with E-state index in [1.807, 2.05) is 30.3 Å². The predicted octanol–water partition coefficient (Wildman–Crippen LogP) is 3.08. The van der Waals surface area contributed by atoms with Crippen LogP contribution in [0.4, 0.5) is 0 Å². The molecule has 1 fully saturated rings. The molecule has 2 aromatic rings. The highest BCUT2D eigenvalue weighted by Gasteiger charge is 2.18. The van der Waals surface area contributed by atoms with Crippen LogP contribution in [0.2, 0.25) is 0 Å². The Labute approximate surface area is 167 Å². The Kier molecular flexibility index (Phi) is 8.30. The monoisotopic (exact) mass is 385 g/mol. The molecule has 0 aliphatic carbocycles. The van der Waals surface area contributed by atoms with Gasteiger partial charge in [-0.05, 0) is 24.5 Å². The molecule has 3 rings (SSSR count). The van der Waals surface area contributed by atoms with E-state index >= 15 is 0 Å². The van der Waals surface area contributed by atoms with Gasteiger partial charge in [0.25, 0.3) is 0 Å². The standard InChI is InChI=1S/C23H31NO4/c1-26-22(12-11-19-7-3-2-4-8-19)21-9-5-6-10-23(21)28-18-20(25)17-24-13-15-27-16-14-24/h2-10,20,22,25H,11-18H2,1H3/t20-,22-/m1/s1. The summed E-state index contributed by atoms with van der Waals surface area (Å²) in [6.45, 7) is 4.05. The van der Waals surface area contributed by atoms with Crippen LogP contribution in [0.25, 0.3) is 0 Å². The molecule has 2 atom stereocenters. The molecular weight excluding hydrogens is 354 g/mol. The number of morpholine rings is 1. The molecule has 0 radical (unpaired) electrons. The van der Waals surface area contributed by atoms with E-state index in [0.29, 0.717) is 6.54 Å². The molecule has 1 N–H and O–H groups in total. The van der Waals surface area contributed by atoms with E-state index in [9.17, 15) is 5.11 Å². The molecule has 28 heavy (non-hydrogen) atoms. The summed E-state index contributed by atoms with van der Waals surface area (Å²) in [6.07, 6.45) is 1.23. The normalized spacial score (nSPS) is 17.2. The largest absolute Gasteiger partial charge is 0.490 e. The van der Waals surface area contributed by atoms with Crippen molar-refractivity contribution >= 4 is 0 Å². The molecule has 0 bridgehead atoms. The second-order valence-corrected chi connectivity index (χ2v) is 7.16. The number of para-hydroxylation sites is 1. The van der Waals surface area contributed by atoms with Gasteiger partial charge in [0.05, 0.1) is 19.3 Å². The van der Waals surface area contributed by atoms with Gasteiger partial charge in [-0.2, -0.15) is 0 Å². The Hall–Kier alpha value is -1.92. The summed E-state index contributed by atoms with van der Waals surface area (Å²) in [5.74, 6) is 0.781. The van der Waals surface area contributed by atoms with Crippen LogP contribution in [0.5, 0.6) is 5.75 Å². The zero-order valence-electron chi connectivity index (χ0n) is 16.6. The van der Waals surface area contributed by atoms with Gasteiger partial charge < -0.3 is 19.3 Å². The highest BCUT2D eigenvalue weighted by Crippen LogP contribution is 2.30. The molecule has 5 nitrogen and oxygen atoms in total. The molecule has 1 aliphatic heterocycles. The van der Waals surface area contributed by atoms with Gasteiger partial charge in [-0.25, -0.2) is 0 Å². The fourth-order valence-electron chi connectivity index (χ4n) is 3.54. The fraction of sp³-hybridized carbons (Fsp3) is 0.478. The van der Waals surface area contributed by atoms with Crippen molar-refractivity contribution in [1.82, 2.24) is 4.90 Å². The van der Waals surface area contributed by atoms with Crippen molar-refractivity contribution in [2.24, 2.45) is 0 Å². The maximum Gasteiger partial charge on any atom is 0.125 e. The number of hydrogen-bond acceptors (Lipinski definition) is 5. The third-order valence-corrected chi connectivity index (χ3v) is 5.09. The number of aryl methyl sites for hydroxylation is 1. The van der Waals surface area contributed by atoms with Gasteiger partial charge >= 0.3 is 0 Å². The number of aliphatic hydroxyl groups excluding tert-OH is 1. The van der Waals surface area contributed by atoms with Crippen molar-refractivity contribution in [2.45, 2.75) is 25.0 Å². The van der Waals surface area contributed by atoms with Crippen LogP contribution in [0.3, 0.4) is 0 Å². The summed E-state index contributed by atoms with van der Waals surface area (Å²) < 4.78 is 17.1. The Bertz CT molecular complexity index is 688. The van der Waals surface area contributed by atoms with Crippen LogP contribution >= 0.6 is 0 Å². The van der Waals surface area contributed by atoms with Gasteiger partial charge in [-0.15, -0.1) is 0 Å². The summed E-state index contributed by atoms with van der Waals surface area (Å²) >= 11 is 0. The SMILES string of the molecule is CO[C@H](CCc1ccccc1)c1ccccc1OC[C@H](O)CN1CCOCC1. The number of benzene rings is 2. The average Bonchev–Trinajstić information content (AvgIpc) is 2.75. The van der Waals surface area contributed by atoms with Crippen LogP contribution in [0.1, 0.15) is 23.7 Å². The minimum Gasteiger partial charge on any atom is -0.490 e. The Morgan fingerprint density at radius 3 is 2.50 bits per heavy atom. The van der Waals surface area contributed by atoms with Crippen molar-refractivity contribution in [3.05, 3.63) is 65.7 Å². The maximum absolute atomic E-state index is 10.4. The molecule has 5 heteroatoms. The van der Waals surface area contributed by atoms with Gasteiger partial charge in [0, 0.05) is 32.3 Å². The van der Waals surface area contributed by atoms with Gasteiger partial charge in [0.2, 0.25) is 0 Å². The van der Waals surface area contributed by atoms with Crippen molar-refractivity contribution in [1.29, 1.82) is 0 Å². The summed E-state index contributed by atoms with van der Waals surface area (Å²) in [6, 6.07) is 18.4. The van der Waals surface area contributed by atoms with E-state index in [1.165, 1.54) is 5.56 Å².